The molecule has 1 fully saturated rings. The van der Waals surface area contributed by atoms with Gasteiger partial charge in [-0.25, -0.2) is 0 Å². The van der Waals surface area contributed by atoms with Gasteiger partial charge in [0.05, 0.1) is 5.69 Å². The minimum absolute atomic E-state index is 0.0779. The highest BCUT2D eigenvalue weighted by atomic mass is 16.5. The molecule has 1 atom stereocenters. The maximum atomic E-state index is 8.00. The van der Waals surface area contributed by atoms with E-state index in [0.29, 0.717) is 0 Å². The normalized spacial score (nSPS) is 13.5. The van der Waals surface area contributed by atoms with Crippen molar-refractivity contribution < 1.29 is 9.53 Å². The second kappa shape index (κ2) is 35.0. The van der Waals surface area contributed by atoms with Crippen LogP contribution in [0.1, 0.15) is 135 Å². The summed E-state index contributed by atoms with van der Waals surface area (Å²) in [6.45, 7) is 45.5. The summed E-state index contributed by atoms with van der Waals surface area (Å²) in [6, 6.07) is 16.4. The number of allylic oxidation sites excluding steroid dienone is 3. The van der Waals surface area contributed by atoms with Crippen LogP contribution in [0.2, 0.25) is 0 Å². The summed E-state index contributed by atoms with van der Waals surface area (Å²) in [5, 5.41) is 12.5. The van der Waals surface area contributed by atoms with Crippen molar-refractivity contribution in [2.75, 3.05) is 32.0 Å². The molecule has 57 heavy (non-hydrogen) atoms. The van der Waals surface area contributed by atoms with E-state index in [1.807, 2.05) is 85.9 Å². The number of carbonyl (C=O) groups excluding carboxylic acids is 1. The van der Waals surface area contributed by atoms with Crippen LogP contribution >= 0.6 is 0 Å². The number of anilines is 1. The van der Waals surface area contributed by atoms with E-state index in [9.17, 15) is 0 Å². The molecular formula is C50H85N5O2. The molecule has 0 aliphatic carbocycles. The van der Waals surface area contributed by atoms with E-state index in [2.05, 4.69) is 138 Å². The van der Waals surface area contributed by atoms with Crippen LogP contribution in [-0.2, 0) is 11.3 Å². The Balaban J connectivity index is -0.00000171. The van der Waals surface area contributed by atoms with Gasteiger partial charge >= 0.3 is 0 Å². The molecule has 3 N–H and O–H groups in total. The van der Waals surface area contributed by atoms with Gasteiger partial charge in [-0.05, 0) is 81.0 Å². The molecule has 1 aliphatic heterocycles. The van der Waals surface area contributed by atoms with E-state index in [0.717, 1.165) is 90.1 Å². The predicted octanol–water partition coefficient (Wildman–Crippen LogP) is 14.1. The zero-order chi connectivity index (χ0) is 44.4. The SMILES string of the molecule is C=C(NC(/C=C(\C)C(C)(C)C)=C(\CC)CNC)Nc1ccc(Oc2ccnc(CN3CC[C@@H](C)C3)c2)c2ccccc12.C=CCC.C=O.CC.CC.CC.CCC. The Morgan fingerprint density at radius 2 is 1.54 bits per heavy atom. The van der Waals surface area contributed by atoms with Crippen LogP contribution in [0.15, 0.2) is 103 Å². The Bertz CT molecular complexity index is 1550. The molecule has 0 bridgehead atoms. The van der Waals surface area contributed by atoms with Gasteiger partial charge in [0.15, 0.2) is 0 Å². The summed E-state index contributed by atoms with van der Waals surface area (Å²) in [5.74, 6) is 3.09. The summed E-state index contributed by atoms with van der Waals surface area (Å²) in [4.78, 5) is 15.1. The van der Waals surface area contributed by atoms with Gasteiger partial charge in [-0.2, -0.15) is 0 Å². The first kappa shape index (κ1) is 57.1. The van der Waals surface area contributed by atoms with E-state index >= 15 is 0 Å². The van der Waals surface area contributed by atoms with Gasteiger partial charge in [-0.15, -0.1) is 6.58 Å². The first-order valence-electron chi connectivity index (χ1n) is 21.4. The summed E-state index contributed by atoms with van der Waals surface area (Å²) >= 11 is 0. The number of carbonyl (C=O) groups is 1. The smallest absolute Gasteiger partial charge is 0.135 e. The van der Waals surface area contributed by atoms with E-state index in [1.54, 1.807) is 0 Å². The third-order valence-electron chi connectivity index (χ3n) is 8.40. The number of hydrogen-bond acceptors (Lipinski definition) is 7. The van der Waals surface area contributed by atoms with Crippen LogP contribution in [0.3, 0.4) is 0 Å². The lowest BCUT2D eigenvalue weighted by Crippen LogP contribution is -2.23. The number of ether oxygens (including phenoxy) is 1. The summed E-state index contributed by atoms with van der Waals surface area (Å²) in [7, 11) is 1.98. The third kappa shape index (κ3) is 23.0. The van der Waals surface area contributed by atoms with Crippen molar-refractivity contribution in [2.24, 2.45) is 11.3 Å². The number of pyridine rings is 1. The molecule has 0 amide bonds. The average Bonchev–Trinajstić information content (AvgIpc) is 3.64. The fourth-order valence-corrected chi connectivity index (χ4v) is 5.24. The van der Waals surface area contributed by atoms with Crippen LogP contribution in [0.5, 0.6) is 11.5 Å². The number of rotatable bonds is 13. The number of hydrogen-bond donors (Lipinski definition) is 3. The zero-order valence-corrected chi connectivity index (χ0v) is 39.4. The molecule has 0 unspecified atom stereocenters. The molecule has 3 aromatic rings. The van der Waals surface area contributed by atoms with Crippen LogP contribution in [-0.4, -0.2) is 43.4 Å². The van der Waals surface area contributed by atoms with E-state index < -0.39 is 0 Å². The Kier molecular flexibility index (Phi) is 35.1. The minimum atomic E-state index is 0.0779. The van der Waals surface area contributed by atoms with Crippen molar-refractivity contribution in [3.8, 4) is 11.5 Å². The first-order chi connectivity index (χ1) is 27.4. The summed E-state index contributed by atoms with van der Waals surface area (Å²) < 4.78 is 6.44. The Hall–Kier alpha value is -4.20. The Labute approximate surface area is 351 Å². The fraction of sp³-hybridized carbons (Fsp3) is 0.520. The molecule has 4 rings (SSSR count). The van der Waals surface area contributed by atoms with Crippen molar-refractivity contribution in [1.29, 1.82) is 0 Å². The van der Waals surface area contributed by atoms with Crippen LogP contribution in [0.4, 0.5) is 5.69 Å². The van der Waals surface area contributed by atoms with Gasteiger partial charge in [0.2, 0.25) is 0 Å². The molecule has 7 heteroatoms. The Morgan fingerprint density at radius 3 is 2.04 bits per heavy atom. The third-order valence-corrected chi connectivity index (χ3v) is 8.40. The molecule has 1 aliphatic rings. The molecule has 7 nitrogen and oxygen atoms in total. The molecule has 0 radical (unpaired) electrons. The van der Waals surface area contributed by atoms with E-state index in [-0.39, 0.29) is 5.41 Å². The number of likely N-dealkylation sites (N-methyl/N-ethyl adjacent to an activating group) is 1. The maximum absolute atomic E-state index is 8.00. The van der Waals surface area contributed by atoms with E-state index in [1.165, 1.54) is 24.0 Å². The monoisotopic (exact) mass is 788 g/mol. The number of fused-ring (bicyclic) bond motifs is 1. The number of nitrogens with one attached hydrogen (secondary N) is 3. The number of aromatic nitrogens is 1. The highest BCUT2D eigenvalue weighted by Crippen LogP contribution is 2.35. The summed E-state index contributed by atoms with van der Waals surface area (Å²) in [5.41, 5.74) is 5.77. The quantitative estimate of drug-likeness (QED) is 0.118. The number of likely N-dealkylation sites (tertiary alicyclic amines) is 1. The topological polar surface area (TPSA) is 78.5 Å². The second-order valence-electron chi connectivity index (χ2n) is 14.0. The van der Waals surface area contributed by atoms with Gasteiger partial charge in [-0.3, -0.25) is 9.88 Å². The van der Waals surface area contributed by atoms with Crippen molar-refractivity contribution in [3.63, 3.8) is 0 Å². The van der Waals surface area contributed by atoms with E-state index in [4.69, 9.17) is 9.53 Å². The minimum Gasteiger partial charge on any atom is -0.457 e. The standard InChI is InChI=1S/C36H49N5O.C4H8.C3H8.3C2H6.CH2O/c1-9-28(22-37-8)34(20-26(3)36(5,6)7)40-27(4)39-33-14-15-35(32-13-11-10-12-31(32)33)42-30-16-18-38-29(21-30)24-41-19-17-25(2)23-41;1-3-4-2;1-3-2;4*1-2/h10-16,18,20-21,25,37,39-40H,4,9,17,19,22-24H2,1-3,5-8H3;3H,1,4H2,2H3;3H2,1-2H3;3*1-2H3;1H2/b26-20+,34-28+;;;;;;/t25-;;;;;;/m1....../s1. The molecule has 1 aromatic heterocycles. The van der Waals surface area contributed by atoms with Gasteiger partial charge in [0, 0.05) is 54.1 Å². The predicted molar refractivity (Wildman–Crippen MR) is 255 cm³/mol. The van der Waals surface area contributed by atoms with Gasteiger partial charge in [-0.1, -0.05) is 146 Å². The molecular weight excluding hydrogens is 703 g/mol. The summed E-state index contributed by atoms with van der Waals surface area (Å²) in [6.07, 6.45) is 10.5. The zero-order valence-electron chi connectivity index (χ0n) is 39.4. The van der Waals surface area contributed by atoms with Crippen molar-refractivity contribution in [3.05, 3.63) is 108 Å². The second-order valence-corrected chi connectivity index (χ2v) is 14.0. The first-order valence-corrected chi connectivity index (χ1v) is 21.4. The van der Waals surface area contributed by atoms with Gasteiger partial charge in [0.25, 0.3) is 0 Å². The molecule has 2 heterocycles. The van der Waals surface area contributed by atoms with Crippen molar-refractivity contribution >= 4 is 23.2 Å². The molecule has 1 saturated heterocycles. The van der Waals surface area contributed by atoms with Crippen LogP contribution in [0, 0.1) is 11.3 Å². The highest BCUT2D eigenvalue weighted by molar-refractivity contribution is 5.98. The maximum Gasteiger partial charge on any atom is 0.135 e. The van der Waals surface area contributed by atoms with Crippen molar-refractivity contribution in [2.45, 2.75) is 136 Å². The lowest BCUT2D eigenvalue weighted by atomic mass is 9.86. The van der Waals surface area contributed by atoms with Gasteiger partial charge < -0.3 is 25.5 Å². The lowest BCUT2D eigenvalue weighted by Gasteiger charge is -2.23. The molecule has 2 aromatic carbocycles. The van der Waals surface area contributed by atoms with Crippen LogP contribution in [0.25, 0.3) is 10.8 Å². The number of benzene rings is 2. The fourth-order valence-electron chi connectivity index (χ4n) is 5.24. The molecule has 0 saturated carbocycles. The highest BCUT2D eigenvalue weighted by Gasteiger charge is 2.19. The molecule has 322 valence electrons. The van der Waals surface area contributed by atoms with Crippen molar-refractivity contribution in [1.82, 2.24) is 20.5 Å². The average molecular weight is 788 g/mol. The Morgan fingerprint density at radius 1 is 0.965 bits per heavy atom. The lowest BCUT2D eigenvalue weighted by molar-refractivity contribution is -0.0980. The number of nitrogens with zero attached hydrogens (tertiary/aromatic N) is 2. The van der Waals surface area contributed by atoms with Gasteiger partial charge in [0.1, 0.15) is 24.1 Å². The molecule has 0 spiro atoms. The largest absolute Gasteiger partial charge is 0.457 e. The van der Waals surface area contributed by atoms with Crippen LogP contribution < -0.4 is 20.7 Å².